The van der Waals surface area contributed by atoms with E-state index in [1.54, 1.807) is 27.8 Å². The summed E-state index contributed by atoms with van der Waals surface area (Å²) in [6.45, 7) is 9.04. The molecular formula is C18H37IN4O2S. The number of hydrogen-bond donors (Lipinski definition) is 2. The summed E-state index contributed by atoms with van der Waals surface area (Å²) in [5.41, 5.74) is 0. The van der Waals surface area contributed by atoms with Crippen molar-refractivity contribution < 1.29 is 8.42 Å². The summed E-state index contributed by atoms with van der Waals surface area (Å²) < 4.78 is 23.6. The van der Waals surface area contributed by atoms with Gasteiger partial charge in [0.25, 0.3) is 0 Å². The summed E-state index contributed by atoms with van der Waals surface area (Å²) in [4.78, 5) is 6.80. The molecule has 2 aliphatic rings. The van der Waals surface area contributed by atoms with E-state index >= 15 is 0 Å². The van der Waals surface area contributed by atoms with Crippen molar-refractivity contribution in [3.63, 3.8) is 0 Å². The second kappa shape index (κ2) is 10.5. The van der Waals surface area contributed by atoms with Crippen LogP contribution in [0.4, 0.5) is 0 Å². The van der Waals surface area contributed by atoms with Gasteiger partial charge in [-0.3, -0.25) is 4.99 Å². The number of hydrogen-bond acceptors (Lipinski definition) is 4. The predicted octanol–water partition coefficient (Wildman–Crippen LogP) is 2.25. The van der Waals surface area contributed by atoms with Gasteiger partial charge in [-0.25, -0.2) is 8.42 Å². The molecule has 2 fully saturated rings. The van der Waals surface area contributed by atoms with Gasteiger partial charge in [-0.05, 0) is 46.0 Å². The normalized spacial score (nSPS) is 23.1. The molecule has 1 unspecified atom stereocenters. The van der Waals surface area contributed by atoms with E-state index in [1.165, 1.54) is 32.2 Å². The summed E-state index contributed by atoms with van der Waals surface area (Å²) >= 11 is 0. The first-order valence-corrected chi connectivity index (χ1v) is 11.3. The number of sulfone groups is 1. The van der Waals surface area contributed by atoms with Crippen LogP contribution in [0.1, 0.15) is 52.9 Å². The number of rotatable bonds is 6. The lowest BCUT2D eigenvalue weighted by Crippen LogP contribution is -2.46. The molecule has 1 atom stereocenters. The van der Waals surface area contributed by atoms with Gasteiger partial charge in [-0.15, -0.1) is 24.0 Å². The Kier molecular flexibility index (Phi) is 9.63. The molecule has 26 heavy (non-hydrogen) atoms. The fourth-order valence-electron chi connectivity index (χ4n) is 3.67. The highest BCUT2D eigenvalue weighted by Crippen LogP contribution is 2.26. The van der Waals surface area contributed by atoms with Gasteiger partial charge in [-0.1, -0.05) is 12.8 Å². The molecule has 1 aliphatic carbocycles. The van der Waals surface area contributed by atoms with Gasteiger partial charge in [0.1, 0.15) is 0 Å². The number of guanidine groups is 1. The van der Waals surface area contributed by atoms with Crippen molar-refractivity contribution in [3.8, 4) is 0 Å². The monoisotopic (exact) mass is 500 g/mol. The molecule has 0 radical (unpaired) electrons. The lowest BCUT2D eigenvalue weighted by molar-refractivity contribution is 0.275. The minimum atomic E-state index is -3.10. The summed E-state index contributed by atoms with van der Waals surface area (Å²) in [5, 5.41) is 6.60. The summed E-state index contributed by atoms with van der Waals surface area (Å²) in [7, 11) is -1.37. The fraction of sp³-hybridized carbons (Fsp3) is 0.944. The van der Waals surface area contributed by atoms with Gasteiger partial charge in [-0.2, -0.15) is 0 Å². The Morgan fingerprint density at radius 3 is 2.42 bits per heavy atom. The molecule has 1 saturated carbocycles. The number of likely N-dealkylation sites (tertiary alicyclic amines) is 1. The lowest BCUT2D eigenvalue weighted by atomic mass is 10.1. The Morgan fingerprint density at radius 2 is 1.85 bits per heavy atom. The first kappa shape index (κ1) is 23.9. The SMILES string of the molecule is CN=C(NCCS(=O)(=O)C(C)(C)C)NC1CCN(CC2CCCC2)C1.I. The zero-order valence-corrected chi connectivity index (χ0v) is 19.9. The largest absolute Gasteiger partial charge is 0.355 e. The minimum absolute atomic E-state index is 0. The maximum atomic E-state index is 12.2. The van der Waals surface area contributed by atoms with Gasteiger partial charge in [0, 0.05) is 39.3 Å². The maximum absolute atomic E-state index is 12.2. The summed E-state index contributed by atoms with van der Waals surface area (Å²) in [5.74, 6) is 1.71. The van der Waals surface area contributed by atoms with Crippen molar-refractivity contribution in [3.05, 3.63) is 0 Å². The van der Waals surface area contributed by atoms with Crippen LogP contribution >= 0.6 is 24.0 Å². The molecular weight excluding hydrogens is 463 g/mol. The standard InChI is InChI=1S/C18H36N4O2S.HI/c1-18(2,3)25(23,24)12-10-20-17(19-4)21-16-9-11-22(14-16)13-15-7-5-6-8-15;/h15-16H,5-14H2,1-4H3,(H2,19,20,21);1H. The van der Waals surface area contributed by atoms with E-state index in [1.807, 2.05) is 0 Å². The quantitative estimate of drug-likeness (QED) is 0.333. The molecule has 2 N–H and O–H groups in total. The van der Waals surface area contributed by atoms with Crippen LogP contribution in [0, 0.1) is 5.92 Å². The maximum Gasteiger partial charge on any atom is 0.191 e. The fourth-order valence-corrected chi connectivity index (χ4v) is 4.66. The number of aliphatic imine (C=N–C) groups is 1. The average molecular weight is 500 g/mol. The van der Waals surface area contributed by atoms with Crippen LogP contribution < -0.4 is 10.6 Å². The average Bonchev–Trinajstić information content (AvgIpc) is 3.17. The van der Waals surface area contributed by atoms with Gasteiger partial charge in [0.05, 0.1) is 10.5 Å². The Hall–Kier alpha value is -0.0900. The van der Waals surface area contributed by atoms with E-state index in [0.717, 1.165) is 25.4 Å². The molecule has 6 nitrogen and oxygen atoms in total. The highest BCUT2D eigenvalue weighted by Gasteiger charge is 2.29. The molecule has 1 saturated heterocycles. The molecule has 0 aromatic heterocycles. The van der Waals surface area contributed by atoms with Crippen LogP contribution in [0.3, 0.4) is 0 Å². The molecule has 0 bridgehead atoms. The number of nitrogens with one attached hydrogen (secondary N) is 2. The molecule has 8 heteroatoms. The third-order valence-corrected chi connectivity index (χ3v) is 8.03. The van der Waals surface area contributed by atoms with Crippen LogP contribution in [0.5, 0.6) is 0 Å². The van der Waals surface area contributed by atoms with Crippen LogP contribution in [0.25, 0.3) is 0 Å². The van der Waals surface area contributed by atoms with Crippen molar-refractivity contribution in [2.75, 3.05) is 39.0 Å². The third kappa shape index (κ3) is 7.14. The van der Waals surface area contributed by atoms with Gasteiger partial charge < -0.3 is 15.5 Å². The summed E-state index contributed by atoms with van der Waals surface area (Å²) in [6.07, 6.45) is 6.69. The zero-order chi connectivity index (χ0) is 18.5. The predicted molar refractivity (Wildman–Crippen MR) is 120 cm³/mol. The molecule has 154 valence electrons. The van der Waals surface area contributed by atoms with Gasteiger partial charge in [0.15, 0.2) is 15.8 Å². The molecule has 0 aromatic carbocycles. The molecule has 2 rings (SSSR count). The Bertz CT molecular complexity index is 554. The Morgan fingerprint density at radius 1 is 1.19 bits per heavy atom. The van der Waals surface area contributed by atoms with Crippen LogP contribution in [0.2, 0.25) is 0 Å². The van der Waals surface area contributed by atoms with Crippen molar-refractivity contribution in [2.24, 2.45) is 10.9 Å². The first-order chi connectivity index (χ1) is 11.7. The first-order valence-electron chi connectivity index (χ1n) is 9.63. The van der Waals surface area contributed by atoms with E-state index in [0.29, 0.717) is 18.5 Å². The molecule has 1 aliphatic heterocycles. The van der Waals surface area contributed by atoms with Crippen LogP contribution in [-0.4, -0.2) is 69.0 Å². The third-order valence-electron chi connectivity index (χ3n) is 5.42. The van der Waals surface area contributed by atoms with Crippen molar-refractivity contribution in [2.45, 2.75) is 63.7 Å². The van der Waals surface area contributed by atoms with E-state index in [4.69, 9.17) is 0 Å². The van der Waals surface area contributed by atoms with Crippen molar-refractivity contribution >= 4 is 39.8 Å². The van der Waals surface area contributed by atoms with E-state index < -0.39 is 14.6 Å². The Labute approximate surface area is 176 Å². The smallest absolute Gasteiger partial charge is 0.191 e. The topological polar surface area (TPSA) is 73.8 Å². The Balaban J connectivity index is 0.00000338. The molecule has 1 heterocycles. The minimum Gasteiger partial charge on any atom is -0.355 e. The van der Waals surface area contributed by atoms with E-state index in [-0.39, 0.29) is 29.7 Å². The number of nitrogens with zero attached hydrogens (tertiary/aromatic N) is 2. The van der Waals surface area contributed by atoms with Gasteiger partial charge >= 0.3 is 0 Å². The van der Waals surface area contributed by atoms with E-state index in [2.05, 4.69) is 20.5 Å². The van der Waals surface area contributed by atoms with Crippen LogP contribution in [-0.2, 0) is 9.84 Å². The van der Waals surface area contributed by atoms with Gasteiger partial charge in [0.2, 0.25) is 0 Å². The van der Waals surface area contributed by atoms with Crippen LogP contribution in [0.15, 0.2) is 4.99 Å². The second-order valence-corrected chi connectivity index (χ2v) is 11.3. The van der Waals surface area contributed by atoms with E-state index in [9.17, 15) is 8.42 Å². The van der Waals surface area contributed by atoms with Crippen molar-refractivity contribution in [1.29, 1.82) is 0 Å². The summed E-state index contributed by atoms with van der Waals surface area (Å²) in [6, 6.07) is 0.395. The van der Waals surface area contributed by atoms with Crippen molar-refractivity contribution in [1.82, 2.24) is 15.5 Å². The highest BCUT2D eigenvalue weighted by molar-refractivity contribution is 14.0. The molecule has 0 aromatic rings. The number of halogens is 1. The molecule has 0 amide bonds. The second-order valence-electron chi connectivity index (χ2n) is 8.47. The highest BCUT2D eigenvalue weighted by atomic mass is 127. The molecule has 0 spiro atoms. The lowest BCUT2D eigenvalue weighted by Gasteiger charge is -2.22. The zero-order valence-electron chi connectivity index (χ0n) is 16.8.